The Morgan fingerprint density at radius 2 is 2.31 bits per heavy atom. The first-order chi connectivity index (χ1) is 7.66. The highest BCUT2D eigenvalue weighted by atomic mass is 19.3. The first-order valence-corrected chi connectivity index (χ1v) is 5.27. The van der Waals surface area contributed by atoms with Gasteiger partial charge in [0.15, 0.2) is 0 Å². The fourth-order valence-electron chi connectivity index (χ4n) is 1.66. The van der Waals surface area contributed by atoms with Crippen LogP contribution in [0.2, 0.25) is 0 Å². The Morgan fingerprint density at radius 1 is 1.50 bits per heavy atom. The van der Waals surface area contributed by atoms with Gasteiger partial charge in [-0.1, -0.05) is 6.07 Å². The summed E-state index contributed by atoms with van der Waals surface area (Å²) in [7, 11) is 0. The van der Waals surface area contributed by atoms with E-state index in [1.54, 1.807) is 12.1 Å². The van der Waals surface area contributed by atoms with E-state index in [2.05, 4.69) is 10.3 Å². The van der Waals surface area contributed by atoms with Crippen LogP contribution in [0.1, 0.15) is 30.8 Å². The summed E-state index contributed by atoms with van der Waals surface area (Å²) in [5.41, 5.74) is 0.433. The molecule has 0 amide bonds. The molecule has 0 saturated carbocycles. The molecule has 16 heavy (non-hydrogen) atoms. The third-order valence-electron chi connectivity index (χ3n) is 2.57. The van der Waals surface area contributed by atoms with E-state index in [0.717, 1.165) is 0 Å². The molecule has 2 rings (SSSR count). The molecule has 2 heterocycles. The van der Waals surface area contributed by atoms with Crippen molar-refractivity contribution in [3.63, 3.8) is 0 Å². The molecule has 1 aromatic heterocycles. The summed E-state index contributed by atoms with van der Waals surface area (Å²) in [4.78, 5) is 3.93. The number of hydrogen-bond acceptors (Lipinski definition) is 3. The molecule has 3 nitrogen and oxygen atoms in total. The molecule has 0 radical (unpaired) electrons. The maximum absolute atomic E-state index is 12.5. The lowest BCUT2D eigenvalue weighted by Crippen LogP contribution is -2.40. The molecule has 1 aliphatic heterocycles. The van der Waals surface area contributed by atoms with Gasteiger partial charge in [0.2, 0.25) is 0 Å². The average molecular weight is 228 g/mol. The zero-order chi connectivity index (χ0) is 11.5. The minimum atomic E-state index is -2.52. The summed E-state index contributed by atoms with van der Waals surface area (Å²) in [5, 5.41) is 3.22. The summed E-state index contributed by atoms with van der Waals surface area (Å²) >= 11 is 0. The number of rotatable bonds is 2. The molecule has 1 aliphatic rings. The predicted molar refractivity (Wildman–Crippen MR) is 55.4 cm³/mol. The third-order valence-corrected chi connectivity index (χ3v) is 2.57. The summed E-state index contributed by atoms with van der Waals surface area (Å²) < 4.78 is 30.4. The van der Waals surface area contributed by atoms with Gasteiger partial charge in [0, 0.05) is 6.54 Å². The van der Waals surface area contributed by atoms with Crippen LogP contribution in [0, 0.1) is 0 Å². The van der Waals surface area contributed by atoms with Crippen LogP contribution < -0.4 is 5.32 Å². The van der Waals surface area contributed by atoms with Crippen LogP contribution in [0.4, 0.5) is 8.78 Å². The monoisotopic (exact) mass is 228 g/mol. The number of morpholine rings is 1. The number of hydrogen-bond donors (Lipinski definition) is 1. The van der Waals surface area contributed by atoms with Gasteiger partial charge in [-0.15, -0.1) is 0 Å². The van der Waals surface area contributed by atoms with Crippen LogP contribution in [0.5, 0.6) is 0 Å². The molecule has 1 unspecified atom stereocenters. The van der Waals surface area contributed by atoms with Gasteiger partial charge >= 0.3 is 0 Å². The summed E-state index contributed by atoms with van der Waals surface area (Å²) in [6.07, 6.45) is -2.36. The lowest BCUT2D eigenvalue weighted by atomic mass is 10.1. The Bertz CT molecular complexity index is 352. The van der Waals surface area contributed by atoms with Crippen molar-refractivity contribution in [1.29, 1.82) is 0 Å². The minimum absolute atomic E-state index is 0.0881. The molecule has 1 N–H and O–H groups in total. The van der Waals surface area contributed by atoms with E-state index in [9.17, 15) is 8.78 Å². The zero-order valence-corrected chi connectivity index (χ0v) is 8.99. The normalized spacial score (nSPS) is 26.0. The Hall–Kier alpha value is -1.07. The molecule has 0 aliphatic carbocycles. The van der Waals surface area contributed by atoms with Gasteiger partial charge in [0.25, 0.3) is 6.43 Å². The molecule has 0 bridgehead atoms. The van der Waals surface area contributed by atoms with Gasteiger partial charge in [0.1, 0.15) is 5.69 Å². The van der Waals surface area contributed by atoms with E-state index in [1.807, 2.05) is 6.92 Å². The number of halogens is 2. The summed E-state index contributed by atoms with van der Waals surface area (Å²) in [5.74, 6) is 0. The van der Waals surface area contributed by atoms with Crippen LogP contribution in [-0.4, -0.2) is 24.2 Å². The van der Waals surface area contributed by atoms with Crippen molar-refractivity contribution in [3.8, 4) is 0 Å². The topological polar surface area (TPSA) is 34.2 Å². The number of nitrogens with zero attached hydrogens (tertiary/aromatic N) is 1. The SMILES string of the molecule is C[C@@H]1CNC(c2cccc(C(F)F)n2)CO1. The third kappa shape index (κ3) is 2.54. The molecule has 1 saturated heterocycles. The summed E-state index contributed by atoms with van der Waals surface area (Å²) in [6, 6.07) is 4.59. The highest BCUT2D eigenvalue weighted by Crippen LogP contribution is 2.20. The van der Waals surface area contributed by atoms with Crippen LogP contribution >= 0.6 is 0 Å². The van der Waals surface area contributed by atoms with E-state index >= 15 is 0 Å². The first kappa shape index (κ1) is 11.4. The quantitative estimate of drug-likeness (QED) is 0.841. The molecule has 0 spiro atoms. The van der Waals surface area contributed by atoms with Crippen LogP contribution in [0.15, 0.2) is 18.2 Å². The Morgan fingerprint density at radius 3 is 2.94 bits per heavy atom. The second-order valence-electron chi connectivity index (χ2n) is 3.89. The minimum Gasteiger partial charge on any atom is -0.375 e. The molecule has 5 heteroatoms. The van der Waals surface area contributed by atoms with Gasteiger partial charge in [-0.25, -0.2) is 8.78 Å². The van der Waals surface area contributed by atoms with Crippen LogP contribution in [-0.2, 0) is 4.74 Å². The number of aromatic nitrogens is 1. The van der Waals surface area contributed by atoms with Crippen molar-refractivity contribution in [2.75, 3.05) is 13.2 Å². The van der Waals surface area contributed by atoms with E-state index in [1.165, 1.54) is 6.07 Å². The fraction of sp³-hybridized carbons (Fsp3) is 0.545. The molecular weight excluding hydrogens is 214 g/mol. The van der Waals surface area contributed by atoms with Crippen molar-refractivity contribution < 1.29 is 13.5 Å². The lowest BCUT2D eigenvalue weighted by Gasteiger charge is -2.28. The maximum atomic E-state index is 12.5. The lowest BCUT2D eigenvalue weighted by molar-refractivity contribution is 0.0138. The van der Waals surface area contributed by atoms with E-state index in [0.29, 0.717) is 18.8 Å². The molecule has 2 atom stereocenters. The van der Waals surface area contributed by atoms with Gasteiger partial charge in [-0.05, 0) is 19.1 Å². The fourth-order valence-corrected chi connectivity index (χ4v) is 1.66. The van der Waals surface area contributed by atoms with Crippen LogP contribution in [0.25, 0.3) is 0 Å². The Labute approximate surface area is 92.8 Å². The van der Waals surface area contributed by atoms with Gasteiger partial charge in [-0.2, -0.15) is 0 Å². The number of ether oxygens (including phenoxy) is 1. The van der Waals surface area contributed by atoms with Crippen molar-refractivity contribution >= 4 is 0 Å². The molecular formula is C11H14F2N2O. The smallest absolute Gasteiger partial charge is 0.280 e. The number of alkyl halides is 2. The maximum Gasteiger partial charge on any atom is 0.280 e. The zero-order valence-electron chi connectivity index (χ0n) is 8.99. The highest BCUT2D eigenvalue weighted by molar-refractivity contribution is 5.15. The second-order valence-corrected chi connectivity index (χ2v) is 3.89. The molecule has 0 aromatic carbocycles. The molecule has 88 valence electrons. The largest absolute Gasteiger partial charge is 0.375 e. The number of pyridine rings is 1. The van der Waals surface area contributed by atoms with Gasteiger partial charge < -0.3 is 10.1 Å². The van der Waals surface area contributed by atoms with Crippen molar-refractivity contribution in [2.24, 2.45) is 0 Å². The predicted octanol–water partition coefficient (Wildman–Crippen LogP) is 2.07. The Balaban J connectivity index is 2.11. The second kappa shape index (κ2) is 4.84. The van der Waals surface area contributed by atoms with Crippen molar-refractivity contribution in [3.05, 3.63) is 29.6 Å². The number of nitrogens with one attached hydrogen (secondary N) is 1. The molecule has 1 aromatic rings. The molecule has 1 fully saturated rings. The average Bonchev–Trinajstić information content (AvgIpc) is 2.30. The van der Waals surface area contributed by atoms with Gasteiger partial charge in [0.05, 0.1) is 24.4 Å². The van der Waals surface area contributed by atoms with Crippen molar-refractivity contribution in [2.45, 2.75) is 25.5 Å². The highest BCUT2D eigenvalue weighted by Gasteiger charge is 2.21. The van der Waals surface area contributed by atoms with Gasteiger partial charge in [-0.3, -0.25) is 4.98 Å². The Kier molecular flexibility index (Phi) is 3.46. The standard InChI is InChI=1S/C11H14F2N2O/c1-7-5-14-10(6-16-7)8-3-2-4-9(15-8)11(12)13/h2-4,7,10-11,14H,5-6H2,1H3/t7-,10?/m1/s1. The van der Waals surface area contributed by atoms with Crippen molar-refractivity contribution in [1.82, 2.24) is 10.3 Å². The van der Waals surface area contributed by atoms with E-state index in [-0.39, 0.29) is 17.8 Å². The van der Waals surface area contributed by atoms with Crippen LogP contribution in [0.3, 0.4) is 0 Å². The van der Waals surface area contributed by atoms with E-state index < -0.39 is 6.43 Å². The summed E-state index contributed by atoms with van der Waals surface area (Å²) in [6.45, 7) is 3.15. The van der Waals surface area contributed by atoms with E-state index in [4.69, 9.17) is 4.74 Å². The first-order valence-electron chi connectivity index (χ1n) is 5.27.